The Hall–Kier alpha value is -1.10. The van der Waals surface area contributed by atoms with Crippen molar-refractivity contribution in [3.05, 3.63) is 46.7 Å². The molecule has 2 N–H and O–H groups in total. The zero-order valence-corrected chi connectivity index (χ0v) is 11.6. The van der Waals surface area contributed by atoms with E-state index in [-0.39, 0.29) is 0 Å². The smallest absolute Gasteiger partial charge is 0.105 e. The Labute approximate surface area is 116 Å². The van der Waals surface area contributed by atoms with Crippen LogP contribution in [0.4, 0.5) is 0 Å². The van der Waals surface area contributed by atoms with Crippen LogP contribution >= 0.6 is 23.4 Å². The molecule has 0 spiro atoms. The van der Waals surface area contributed by atoms with Gasteiger partial charge in [0, 0.05) is 12.4 Å². The molecule has 2 aromatic rings. The molecule has 0 saturated carbocycles. The molecule has 0 atom stereocenters. The summed E-state index contributed by atoms with van der Waals surface area (Å²) in [7, 11) is 0. The molecule has 2 aromatic heterocycles. The topological polar surface area (TPSA) is 51.8 Å². The fourth-order valence-corrected chi connectivity index (χ4v) is 2.43. The summed E-state index contributed by atoms with van der Waals surface area (Å²) in [5, 5.41) is 2.49. The summed E-state index contributed by atoms with van der Waals surface area (Å²) in [5.41, 5.74) is 7.84. The average molecular weight is 280 g/mol. The predicted molar refractivity (Wildman–Crippen MR) is 75.1 cm³/mol. The summed E-state index contributed by atoms with van der Waals surface area (Å²) in [6.07, 6.45) is 4.37. The molecule has 2 heterocycles. The van der Waals surface area contributed by atoms with Gasteiger partial charge in [0.25, 0.3) is 0 Å². The van der Waals surface area contributed by atoms with Crippen molar-refractivity contribution < 1.29 is 0 Å². The van der Waals surface area contributed by atoms with E-state index >= 15 is 0 Å². The third-order valence-electron chi connectivity index (χ3n) is 2.42. The summed E-state index contributed by atoms with van der Waals surface area (Å²) >= 11 is 7.34. The van der Waals surface area contributed by atoms with Crippen LogP contribution in [0.3, 0.4) is 0 Å². The molecule has 3 nitrogen and oxygen atoms in total. The highest BCUT2D eigenvalue weighted by molar-refractivity contribution is 7.99. The first-order chi connectivity index (χ1) is 8.69. The van der Waals surface area contributed by atoms with E-state index in [0.29, 0.717) is 11.6 Å². The highest BCUT2D eigenvalue weighted by atomic mass is 35.5. The maximum atomic E-state index is 5.80. The molecule has 0 fully saturated rings. The van der Waals surface area contributed by atoms with Gasteiger partial charge in [-0.3, -0.25) is 0 Å². The van der Waals surface area contributed by atoms with Crippen molar-refractivity contribution in [2.24, 2.45) is 5.73 Å². The maximum absolute atomic E-state index is 5.80. The lowest BCUT2D eigenvalue weighted by atomic mass is 10.2. The van der Waals surface area contributed by atoms with E-state index in [1.165, 1.54) is 17.3 Å². The molecule has 0 saturated heterocycles. The van der Waals surface area contributed by atoms with Crippen molar-refractivity contribution in [1.82, 2.24) is 9.97 Å². The third kappa shape index (κ3) is 3.45. The van der Waals surface area contributed by atoms with Crippen molar-refractivity contribution in [3.63, 3.8) is 0 Å². The van der Waals surface area contributed by atoms with Crippen LogP contribution in [0.25, 0.3) is 0 Å². The maximum Gasteiger partial charge on any atom is 0.105 e. The molecule has 5 heteroatoms. The standard InChI is InChI=1S/C13H14ClN3S/c1-9-6-10(4-5-15)7-17-13(9)18-12-3-2-11(14)8-16-12/h2-3,6-8H,4-5,15H2,1H3. The van der Waals surface area contributed by atoms with E-state index in [9.17, 15) is 0 Å². The molecule has 0 aliphatic heterocycles. The molecule has 0 aromatic carbocycles. The van der Waals surface area contributed by atoms with E-state index in [2.05, 4.69) is 16.0 Å². The van der Waals surface area contributed by atoms with Crippen molar-refractivity contribution in [2.45, 2.75) is 23.4 Å². The van der Waals surface area contributed by atoms with Crippen LogP contribution in [0, 0.1) is 6.92 Å². The number of pyridine rings is 2. The van der Waals surface area contributed by atoms with E-state index in [1.54, 1.807) is 6.20 Å². The van der Waals surface area contributed by atoms with Gasteiger partial charge in [0.1, 0.15) is 10.1 Å². The molecule has 0 bridgehead atoms. The Kier molecular flexibility index (Phi) is 4.58. The quantitative estimate of drug-likeness (QED) is 0.934. The first-order valence-corrected chi connectivity index (χ1v) is 6.83. The highest BCUT2D eigenvalue weighted by Gasteiger charge is 2.05. The molecule has 0 aliphatic rings. The van der Waals surface area contributed by atoms with E-state index in [1.807, 2.05) is 25.3 Å². The average Bonchev–Trinajstić information content (AvgIpc) is 2.36. The van der Waals surface area contributed by atoms with Crippen LogP contribution in [0.1, 0.15) is 11.1 Å². The van der Waals surface area contributed by atoms with Gasteiger partial charge in [-0.15, -0.1) is 0 Å². The number of nitrogens with two attached hydrogens (primary N) is 1. The first-order valence-electron chi connectivity index (χ1n) is 5.64. The van der Waals surface area contributed by atoms with Gasteiger partial charge in [-0.25, -0.2) is 9.97 Å². The molecule has 2 rings (SSSR count). The van der Waals surface area contributed by atoms with Gasteiger partial charge in [0.15, 0.2) is 0 Å². The van der Waals surface area contributed by atoms with Gasteiger partial charge < -0.3 is 5.73 Å². The zero-order valence-electron chi connectivity index (χ0n) is 10.1. The Morgan fingerprint density at radius 3 is 2.72 bits per heavy atom. The lowest BCUT2D eigenvalue weighted by Crippen LogP contribution is -2.03. The fourth-order valence-electron chi connectivity index (χ4n) is 1.55. The number of nitrogens with zero attached hydrogens (tertiary/aromatic N) is 2. The van der Waals surface area contributed by atoms with Gasteiger partial charge >= 0.3 is 0 Å². The fraction of sp³-hybridized carbons (Fsp3) is 0.231. The summed E-state index contributed by atoms with van der Waals surface area (Å²) in [5.74, 6) is 0. The zero-order chi connectivity index (χ0) is 13.0. The van der Waals surface area contributed by atoms with Crippen molar-refractivity contribution in [2.75, 3.05) is 6.54 Å². The SMILES string of the molecule is Cc1cc(CCN)cnc1Sc1ccc(Cl)cn1. The number of aromatic nitrogens is 2. The Bertz CT molecular complexity index is 528. The van der Waals surface area contributed by atoms with Crippen LogP contribution < -0.4 is 5.73 Å². The molecule has 18 heavy (non-hydrogen) atoms. The third-order valence-corrected chi connectivity index (χ3v) is 3.72. The van der Waals surface area contributed by atoms with Gasteiger partial charge in [-0.1, -0.05) is 17.7 Å². The molecule has 0 unspecified atom stereocenters. The van der Waals surface area contributed by atoms with Crippen LogP contribution in [0.15, 0.2) is 40.6 Å². The Morgan fingerprint density at radius 2 is 2.11 bits per heavy atom. The highest BCUT2D eigenvalue weighted by Crippen LogP contribution is 2.27. The van der Waals surface area contributed by atoms with Crippen molar-refractivity contribution in [3.8, 4) is 0 Å². The van der Waals surface area contributed by atoms with Crippen molar-refractivity contribution >= 4 is 23.4 Å². The summed E-state index contributed by atoms with van der Waals surface area (Å²) in [6.45, 7) is 2.69. The number of hydrogen-bond donors (Lipinski definition) is 1. The monoisotopic (exact) mass is 279 g/mol. The minimum absolute atomic E-state index is 0.641. The van der Waals surface area contributed by atoms with Gasteiger partial charge in [0.05, 0.1) is 5.02 Å². The number of hydrogen-bond acceptors (Lipinski definition) is 4. The van der Waals surface area contributed by atoms with Crippen LogP contribution in [0.5, 0.6) is 0 Å². The molecule has 0 amide bonds. The number of aryl methyl sites for hydroxylation is 1. The van der Waals surface area contributed by atoms with E-state index in [0.717, 1.165) is 22.0 Å². The molecular formula is C13H14ClN3S. The second-order valence-corrected chi connectivity index (χ2v) is 5.37. The van der Waals surface area contributed by atoms with E-state index in [4.69, 9.17) is 17.3 Å². The lowest BCUT2D eigenvalue weighted by molar-refractivity contribution is 0.934. The van der Waals surface area contributed by atoms with Crippen LogP contribution in [-0.2, 0) is 6.42 Å². The summed E-state index contributed by atoms with van der Waals surface area (Å²) in [6, 6.07) is 5.84. The molecule has 0 radical (unpaired) electrons. The minimum Gasteiger partial charge on any atom is -0.330 e. The van der Waals surface area contributed by atoms with Gasteiger partial charge in [-0.2, -0.15) is 0 Å². The molecule has 94 valence electrons. The second-order valence-electron chi connectivity index (χ2n) is 3.92. The Balaban J connectivity index is 2.16. The first kappa shape index (κ1) is 13.3. The normalized spacial score (nSPS) is 10.6. The lowest BCUT2D eigenvalue weighted by Gasteiger charge is -2.06. The van der Waals surface area contributed by atoms with Gasteiger partial charge in [-0.05, 0) is 54.9 Å². The molecular weight excluding hydrogens is 266 g/mol. The minimum atomic E-state index is 0.641. The second kappa shape index (κ2) is 6.18. The van der Waals surface area contributed by atoms with Crippen LogP contribution in [0.2, 0.25) is 5.02 Å². The predicted octanol–water partition coefficient (Wildman–Crippen LogP) is 3.09. The van der Waals surface area contributed by atoms with Gasteiger partial charge in [0.2, 0.25) is 0 Å². The largest absolute Gasteiger partial charge is 0.330 e. The summed E-state index contributed by atoms with van der Waals surface area (Å²) < 4.78 is 0. The van der Waals surface area contributed by atoms with Crippen molar-refractivity contribution in [1.29, 1.82) is 0 Å². The molecule has 0 aliphatic carbocycles. The Morgan fingerprint density at radius 1 is 1.28 bits per heavy atom. The van der Waals surface area contributed by atoms with Crippen LogP contribution in [-0.4, -0.2) is 16.5 Å². The number of halogens is 1. The summed E-state index contributed by atoms with van der Waals surface area (Å²) in [4.78, 5) is 8.69. The number of rotatable bonds is 4. The van der Waals surface area contributed by atoms with E-state index < -0.39 is 0 Å².